The van der Waals surface area contributed by atoms with Crippen LogP contribution in [0, 0.1) is 0 Å². The zero-order chi connectivity index (χ0) is 22.8. The molecule has 0 aliphatic carbocycles. The second kappa shape index (κ2) is 7.19. The Bertz CT molecular complexity index is 1840. The van der Waals surface area contributed by atoms with Crippen LogP contribution in [-0.4, -0.2) is 35.7 Å². The fourth-order valence-corrected chi connectivity index (χ4v) is 6.00. The largest absolute Gasteiger partial charge is 0.323 e. The third kappa shape index (κ3) is 2.80. The number of nitrogens with zero attached hydrogens (tertiary/aromatic N) is 6. The number of hydrogen-bond donors (Lipinski definition) is 1. The van der Waals surface area contributed by atoms with Crippen molar-refractivity contribution in [1.82, 2.24) is 29.5 Å². The molecule has 0 saturated carbocycles. The quantitative estimate of drug-likeness (QED) is 0.429. The van der Waals surface area contributed by atoms with Gasteiger partial charge in [-0.1, -0.05) is 30.3 Å². The monoisotopic (exact) mass is 465 g/mol. The van der Waals surface area contributed by atoms with Crippen LogP contribution < -0.4 is 5.56 Å². The highest BCUT2D eigenvalue weighted by Gasteiger charge is 2.20. The zero-order valence-corrected chi connectivity index (χ0v) is 19.1. The van der Waals surface area contributed by atoms with E-state index in [9.17, 15) is 4.79 Å². The summed E-state index contributed by atoms with van der Waals surface area (Å²) in [5.74, 6) is 0. The van der Waals surface area contributed by atoms with Crippen molar-refractivity contribution in [3.8, 4) is 0 Å². The Hall–Kier alpha value is -4.11. The van der Waals surface area contributed by atoms with Crippen LogP contribution in [-0.2, 0) is 26.6 Å². The van der Waals surface area contributed by atoms with Crippen LogP contribution in [0.4, 0.5) is 0 Å². The van der Waals surface area contributed by atoms with Crippen molar-refractivity contribution in [1.29, 1.82) is 0 Å². The van der Waals surface area contributed by atoms with Crippen molar-refractivity contribution in [2.45, 2.75) is 19.5 Å². The summed E-state index contributed by atoms with van der Waals surface area (Å²) in [6.07, 6.45) is 6.26. The maximum Gasteiger partial charge on any atom is 0.291 e. The highest BCUT2D eigenvalue weighted by molar-refractivity contribution is 7.19. The Morgan fingerprint density at radius 3 is 2.91 bits per heavy atom. The third-order valence-corrected chi connectivity index (χ3v) is 7.65. The molecule has 0 saturated heterocycles. The molecule has 0 bridgehead atoms. The predicted octanol–water partition coefficient (Wildman–Crippen LogP) is 3.79. The first-order chi connectivity index (χ1) is 16.7. The minimum absolute atomic E-state index is 0.109. The molecule has 34 heavy (non-hydrogen) atoms. The summed E-state index contributed by atoms with van der Waals surface area (Å²) in [6, 6.07) is 12.3. The van der Waals surface area contributed by atoms with Crippen LogP contribution in [0.2, 0.25) is 0 Å². The lowest BCUT2D eigenvalue weighted by atomic mass is 10.0. The minimum atomic E-state index is -0.109. The molecule has 2 aromatic carbocycles. The number of thiazole rings is 1. The molecule has 9 heteroatoms. The van der Waals surface area contributed by atoms with Gasteiger partial charge in [0.05, 0.1) is 35.7 Å². The molecule has 0 amide bonds. The molecule has 166 valence electrons. The lowest BCUT2D eigenvalue weighted by molar-refractivity contribution is 0.643. The zero-order valence-electron chi connectivity index (χ0n) is 18.3. The Morgan fingerprint density at radius 2 is 1.97 bits per heavy atom. The summed E-state index contributed by atoms with van der Waals surface area (Å²) >= 11 is 1.62. The van der Waals surface area contributed by atoms with E-state index in [4.69, 9.17) is 4.98 Å². The number of fused-ring (bicyclic) bond motifs is 5. The number of aliphatic imine (C=N–C) groups is 1. The highest BCUT2D eigenvalue weighted by Crippen LogP contribution is 2.32. The maximum atomic E-state index is 13.4. The van der Waals surface area contributed by atoms with E-state index >= 15 is 0 Å². The number of hydrogen-bond acceptors (Lipinski definition) is 6. The molecule has 8 nitrogen and oxygen atoms in total. The highest BCUT2D eigenvalue weighted by atomic mass is 32.1. The molecule has 1 aliphatic heterocycles. The van der Waals surface area contributed by atoms with Gasteiger partial charge in [-0.15, -0.1) is 11.3 Å². The first-order valence-corrected chi connectivity index (χ1v) is 11.8. The number of rotatable bonds is 4. The van der Waals surface area contributed by atoms with Crippen molar-refractivity contribution in [3.05, 3.63) is 86.4 Å². The molecule has 0 radical (unpaired) electrons. The summed E-state index contributed by atoms with van der Waals surface area (Å²) in [7, 11) is 1.91. The molecule has 0 spiro atoms. The third-order valence-electron chi connectivity index (χ3n) is 6.58. The van der Waals surface area contributed by atoms with Gasteiger partial charge in [0, 0.05) is 36.0 Å². The summed E-state index contributed by atoms with van der Waals surface area (Å²) in [5, 5.41) is 14.7. The van der Waals surface area contributed by atoms with Gasteiger partial charge in [-0.05, 0) is 22.8 Å². The summed E-state index contributed by atoms with van der Waals surface area (Å²) < 4.78 is 4.44. The van der Waals surface area contributed by atoms with Crippen LogP contribution >= 0.6 is 11.3 Å². The lowest BCUT2D eigenvalue weighted by Gasteiger charge is -2.09. The number of aromatic amines is 1. The number of nitrogens with one attached hydrogen (secondary N) is 1. The second-order valence-electron chi connectivity index (χ2n) is 8.57. The van der Waals surface area contributed by atoms with Crippen LogP contribution in [0.3, 0.4) is 0 Å². The molecule has 0 atom stereocenters. The number of H-pyrrole nitrogens is 1. The Balaban J connectivity index is 1.30. The molecular weight excluding hydrogens is 446 g/mol. The Labute approximate surface area is 197 Å². The maximum absolute atomic E-state index is 13.4. The van der Waals surface area contributed by atoms with Crippen molar-refractivity contribution >= 4 is 49.7 Å². The van der Waals surface area contributed by atoms with Gasteiger partial charge in [0.25, 0.3) is 5.56 Å². The fourth-order valence-electron chi connectivity index (χ4n) is 4.87. The Kier molecular flexibility index (Phi) is 4.10. The molecule has 4 aromatic heterocycles. The van der Waals surface area contributed by atoms with E-state index in [1.165, 1.54) is 15.8 Å². The molecule has 1 N–H and O–H groups in total. The van der Waals surface area contributed by atoms with Crippen LogP contribution in [0.15, 0.2) is 58.6 Å². The van der Waals surface area contributed by atoms with Gasteiger partial charge in [-0.25, -0.2) is 9.67 Å². The molecule has 5 heterocycles. The lowest BCUT2D eigenvalue weighted by Crippen LogP contribution is -2.25. The molecule has 0 unspecified atom stereocenters. The average Bonchev–Trinajstić information content (AvgIpc) is 3.62. The average molecular weight is 466 g/mol. The molecule has 6 aromatic rings. The van der Waals surface area contributed by atoms with Crippen molar-refractivity contribution < 1.29 is 0 Å². The Morgan fingerprint density at radius 1 is 1.09 bits per heavy atom. The van der Waals surface area contributed by atoms with Gasteiger partial charge in [-0.3, -0.25) is 14.9 Å². The summed E-state index contributed by atoms with van der Waals surface area (Å²) in [6.45, 7) is 1.11. The van der Waals surface area contributed by atoms with Crippen molar-refractivity contribution in [3.63, 3.8) is 0 Å². The number of benzene rings is 2. The van der Waals surface area contributed by atoms with E-state index in [1.54, 1.807) is 17.5 Å². The van der Waals surface area contributed by atoms with Crippen molar-refractivity contribution in [2.24, 2.45) is 12.0 Å². The van der Waals surface area contributed by atoms with Gasteiger partial charge >= 0.3 is 0 Å². The first kappa shape index (κ1) is 19.4. The van der Waals surface area contributed by atoms with Crippen LogP contribution in [0.5, 0.6) is 0 Å². The molecule has 7 rings (SSSR count). The summed E-state index contributed by atoms with van der Waals surface area (Å²) in [4.78, 5) is 22.7. The van der Waals surface area contributed by atoms with E-state index in [-0.39, 0.29) is 5.56 Å². The van der Waals surface area contributed by atoms with E-state index < -0.39 is 0 Å². The standard InChI is InChI=1S/C25H19N7OS/c1-31-22-19(12-28-32(25(22)33)13-16-6-2-5-15-9-26-10-17(15)16)23-24(31)29-21(34-23)8-14-4-3-7-20-18(14)11-27-30-20/h2-7,10-12H,8-9,13H2,1H3,(H,27,30). The fraction of sp³-hybridized carbons (Fsp3) is 0.160. The number of aromatic nitrogens is 6. The number of aryl methyl sites for hydroxylation is 1. The van der Waals surface area contributed by atoms with Gasteiger partial charge in [0.15, 0.2) is 5.65 Å². The van der Waals surface area contributed by atoms with Gasteiger partial charge in [0.1, 0.15) is 10.5 Å². The first-order valence-electron chi connectivity index (χ1n) is 11.0. The minimum Gasteiger partial charge on any atom is -0.323 e. The van der Waals surface area contributed by atoms with E-state index in [2.05, 4.69) is 32.4 Å². The van der Waals surface area contributed by atoms with Crippen LogP contribution in [0.25, 0.3) is 32.2 Å². The smallest absolute Gasteiger partial charge is 0.291 e. The van der Waals surface area contributed by atoms with E-state index in [1.807, 2.05) is 48.3 Å². The topological polar surface area (TPSA) is 93.8 Å². The summed E-state index contributed by atoms with van der Waals surface area (Å²) in [5.41, 5.74) is 6.88. The van der Waals surface area contributed by atoms with Crippen molar-refractivity contribution in [2.75, 3.05) is 0 Å². The van der Waals surface area contributed by atoms with Gasteiger partial charge < -0.3 is 4.57 Å². The van der Waals surface area contributed by atoms with Gasteiger partial charge in [-0.2, -0.15) is 10.2 Å². The molecular formula is C25H19N7OS. The van der Waals surface area contributed by atoms with E-state index in [0.29, 0.717) is 25.0 Å². The SMILES string of the molecule is Cn1c2nc(Cc3cccc4[nH]ncc34)sc2c2cnn(Cc3cccc4c3C=NC4)c(=O)c21. The molecule has 1 aliphatic rings. The normalized spacial score (nSPS) is 13.0. The van der Waals surface area contributed by atoms with E-state index in [0.717, 1.165) is 42.8 Å². The second-order valence-corrected chi connectivity index (χ2v) is 9.66. The van der Waals surface area contributed by atoms with Crippen LogP contribution in [0.1, 0.15) is 27.3 Å². The predicted molar refractivity (Wildman–Crippen MR) is 134 cm³/mol. The molecule has 0 fully saturated rings. The van der Waals surface area contributed by atoms with Gasteiger partial charge in [0.2, 0.25) is 0 Å².